The second kappa shape index (κ2) is 6.71. The predicted molar refractivity (Wildman–Crippen MR) is 68.8 cm³/mol. The minimum atomic E-state index is -0.327. The molecule has 0 spiro atoms. The third kappa shape index (κ3) is 5.28. The fourth-order valence-electron chi connectivity index (χ4n) is 1.30. The maximum Gasteiger partial charge on any atom is 0.220 e. The number of halogens is 2. The average Bonchev–Trinajstić information content (AvgIpc) is 2.28. The first kappa shape index (κ1) is 14.1. The molecule has 17 heavy (non-hydrogen) atoms. The second-order valence-corrected chi connectivity index (χ2v) is 4.90. The Balaban J connectivity index is 2.39. The van der Waals surface area contributed by atoms with Crippen molar-refractivity contribution in [2.45, 2.75) is 32.4 Å². The summed E-state index contributed by atoms with van der Waals surface area (Å²) in [6.45, 7) is 2.19. The van der Waals surface area contributed by atoms with Gasteiger partial charge in [0.05, 0.1) is 4.47 Å². The lowest BCUT2D eigenvalue weighted by Gasteiger charge is -2.07. The number of carbonyl (C=O) groups excluding carboxylic acids is 1. The molecule has 0 radical (unpaired) electrons. The van der Waals surface area contributed by atoms with Crippen molar-refractivity contribution in [3.63, 3.8) is 0 Å². The number of hydrogen-bond acceptors (Lipinski definition) is 2. The SMILES string of the molecule is CC(N)CCC(=O)NCc1ccc(Br)c(F)c1. The summed E-state index contributed by atoms with van der Waals surface area (Å²) in [6.07, 6.45) is 1.05. The van der Waals surface area contributed by atoms with Crippen molar-refractivity contribution in [2.75, 3.05) is 0 Å². The first-order chi connectivity index (χ1) is 7.99. The van der Waals surface area contributed by atoms with Gasteiger partial charge in [0.2, 0.25) is 5.91 Å². The first-order valence-electron chi connectivity index (χ1n) is 5.45. The quantitative estimate of drug-likeness (QED) is 0.877. The minimum absolute atomic E-state index is 0.0193. The van der Waals surface area contributed by atoms with E-state index in [0.717, 1.165) is 5.56 Å². The topological polar surface area (TPSA) is 55.1 Å². The van der Waals surface area contributed by atoms with Crippen molar-refractivity contribution in [3.05, 3.63) is 34.1 Å². The molecule has 0 bridgehead atoms. The highest BCUT2D eigenvalue weighted by Crippen LogP contribution is 2.16. The van der Waals surface area contributed by atoms with Gasteiger partial charge in [0.1, 0.15) is 5.82 Å². The van der Waals surface area contributed by atoms with Crippen LogP contribution < -0.4 is 11.1 Å². The Morgan fingerprint density at radius 2 is 2.29 bits per heavy atom. The summed E-state index contributed by atoms with van der Waals surface area (Å²) in [5.74, 6) is -0.391. The van der Waals surface area contributed by atoms with Gasteiger partial charge in [-0.3, -0.25) is 4.79 Å². The Kier molecular flexibility index (Phi) is 5.58. The maximum atomic E-state index is 13.2. The van der Waals surface area contributed by atoms with Crippen LogP contribution in [0.4, 0.5) is 4.39 Å². The Morgan fingerprint density at radius 3 is 2.88 bits per heavy atom. The van der Waals surface area contributed by atoms with Gasteiger partial charge in [-0.2, -0.15) is 0 Å². The summed E-state index contributed by atoms with van der Waals surface area (Å²) in [5.41, 5.74) is 6.29. The zero-order valence-corrected chi connectivity index (χ0v) is 11.3. The Morgan fingerprint density at radius 1 is 1.59 bits per heavy atom. The van der Waals surface area contributed by atoms with Crippen molar-refractivity contribution >= 4 is 21.8 Å². The normalized spacial score (nSPS) is 12.2. The lowest BCUT2D eigenvalue weighted by Crippen LogP contribution is -2.25. The smallest absolute Gasteiger partial charge is 0.220 e. The van der Waals surface area contributed by atoms with Gasteiger partial charge >= 0.3 is 0 Å². The third-order valence-electron chi connectivity index (χ3n) is 2.30. The monoisotopic (exact) mass is 302 g/mol. The van der Waals surface area contributed by atoms with E-state index in [1.165, 1.54) is 6.07 Å². The van der Waals surface area contributed by atoms with E-state index < -0.39 is 0 Å². The van der Waals surface area contributed by atoms with E-state index in [1.54, 1.807) is 12.1 Å². The number of nitrogens with one attached hydrogen (secondary N) is 1. The standard InChI is InChI=1S/C12H16BrFN2O/c1-8(15)2-5-12(17)16-7-9-3-4-10(13)11(14)6-9/h3-4,6,8H,2,5,7,15H2,1H3,(H,16,17). The van der Waals surface area contributed by atoms with E-state index in [0.29, 0.717) is 23.9 Å². The van der Waals surface area contributed by atoms with E-state index in [9.17, 15) is 9.18 Å². The van der Waals surface area contributed by atoms with Gasteiger partial charge in [0.15, 0.2) is 0 Å². The molecule has 0 aliphatic rings. The van der Waals surface area contributed by atoms with Crippen molar-refractivity contribution in [1.29, 1.82) is 0 Å². The molecule has 0 saturated heterocycles. The molecule has 1 unspecified atom stereocenters. The predicted octanol–water partition coefficient (Wildman–Crippen LogP) is 2.33. The third-order valence-corrected chi connectivity index (χ3v) is 2.94. The average molecular weight is 303 g/mol. The van der Waals surface area contributed by atoms with Gasteiger partial charge in [0, 0.05) is 19.0 Å². The molecule has 3 nitrogen and oxygen atoms in total. The van der Waals surface area contributed by atoms with Crippen LogP contribution in [0.5, 0.6) is 0 Å². The number of amides is 1. The minimum Gasteiger partial charge on any atom is -0.352 e. The van der Waals surface area contributed by atoms with Crippen molar-refractivity contribution < 1.29 is 9.18 Å². The van der Waals surface area contributed by atoms with Crippen LogP contribution in [0.3, 0.4) is 0 Å². The largest absolute Gasteiger partial charge is 0.352 e. The zero-order chi connectivity index (χ0) is 12.8. The summed E-state index contributed by atoms with van der Waals surface area (Å²) in [4.78, 5) is 11.4. The van der Waals surface area contributed by atoms with Gasteiger partial charge in [-0.1, -0.05) is 6.07 Å². The molecular formula is C12H16BrFN2O. The maximum absolute atomic E-state index is 13.2. The highest BCUT2D eigenvalue weighted by Gasteiger charge is 2.05. The number of rotatable bonds is 5. The van der Waals surface area contributed by atoms with Gasteiger partial charge in [-0.15, -0.1) is 0 Å². The first-order valence-corrected chi connectivity index (χ1v) is 6.24. The summed E-state index contributed by atoms with van der Waals surface area (Å²) >= 11 is 3.07. The molecule has 1 aromatic carbocycles. The van der Waals surface area contributed by atoms with Crippen LogP contribution in [0.2, 0.25) is 0 Å². The van der Waals surface area contributed by atoms with E-state index in [1.807, 2.05) is 6.92 Å². The molecule has 0 aliphatic carbocycles. The van der Waals surface area contributed by atoms with Crippen molar-refractivity contribution in [2.24, 2.45) is 5.73 Å². The highest BCUT2D eigenvalue weighted by atomic mass is 79.9. The van der Waals surface area contributed by atoms with Crippen molar-refractivity contribution in [3.8, 4) is 0 Å². The Bertz CT molecular complexity index is 396. The van der Waals surface area contributed by atoms with Crippen LogP contribution >= 0.6 is 15.9 Å². The molecule has 3 N–H and O–H groups in total. The van der Waals surface area contributed by atoms with Gasteiger partial charge in [-0.25, -0.2) is 4.39 Å². The molecular weight excluding hydrogens is 287 g/mol. The van der Waals surface area contributed by atoms with Crippen molar-refractivity contribution in [1.82, 2.24) is 5.32 Å². The van der Waals surface area contributed by atoms with Crippen LogP contribution in [-0.2, 0) is 11.3 Å². The molecule has 1 aromatic rings. The number of benzene rings is 1. The summed E-state index contributed by atoms with van der Waals surface area (Å²) < 4.78 is 13.6. The summed E-state index contributed by atoms with van der Waals surface area (Å²) in [5, 5.41) is 2.72. The molecule has 5 heteroatoms. The molecule has 1 rings (SSSR count). The molecule has 1 atom stereocenters. The second-order valence-electron chi connectivity index (χ2n) is 4.04. The highest BCUT2D eigenvalue weighted by molar-refractivity contribution is 9.10. The van der Waals surface area contributed by atoms with Gasteiger partial charge in [0.25, 0.3) is 0 Å². The molecule has 0 heterocycles. The van der Waals surface area contributed by atoms with Crippen LogP contribution in [0.15, 0.2) is 22.7 Å². The van der Waals surface area contributed by atoms with E-state index >= 15 is 0 Å². The molecule has 94 valence electrons. The lowest BCUT2D eigenvalue weighted by atomic mass is 10.2. The van der Waals surface area contributed by atoms with Gasteiger partial charge in [-0.05, 0) is 47.0 Å². The number of hydrogen-bond donors (Lipinski definition) is 2. The van der Waals surface area contributed by atoms with Crippen LogP contribution in [0.25, 0.3) is 0 Å². The lowest BCUT2D eigenvalue weighted by molar-refractivity contribution is -0.121. The zero-order valence-electron chi connectivity index (χ0n) is 9.67. The molecule has 0 aromatic heterocycles. The van der Waals surface area contributed by atoms with Gasteiger partial charge < -0.3 is 11.1 Å². The number of carbonyl (C=O) groups is 1. The van der Waals surface area contributed by atoms with Crippen LogP contribution in [0, 0.1) is 5.82 Å². The van der Waals surface area contributed by atoms with E-state index in [2.05, 4.69) is 21.2 Å². The molecule has 0 aliphatic heterocycles. The number of nitrogens with two attached hydrogens (primary N) is 1. The fraction of sp³-hybridized carbons (Fsp3) is 0.417. The Labute approximate surface area is 109 Å². The molecule has 0 saturated carbocycles. The van der Waals surface area contributed by atoms with E-state index in [-0.39, 0.29) is 17.8 Å². The fourth-order valence-corrected chi connectivity index (χ4v) is 1.54. The van der Waals surface area contributed by atoms with Crippen LogP contribution in [-0.4, -0.2) is 11.9 Å². The molecule has 1 amide bonds. The summed E-state index contributed by atoms with van der Waals surface area (Å²) in [6, 6.07) is 4.80. The summed E-state index contributed by atoms with van der Waals surface area (Å²) in [7, 11) is 0. The Hall–Kier alpha value is -0.940. The van der Waals surface area contributed by atoms with E-state index in [4.69, 9.17) is 5.73 Å². The van der Waals surface area contributed by atoms with Crippen LogP contribution in [0.1, 0.15) is 25.3 Å². The molecule has 0 fully saturated rings.